The van der Waals surface area contributed by atoms with Gasteiger partial charge in [0, 0.05) is 6.42 Å². The summed E-state index contributed by atoms with van der Waals surface area (Å²) < 4.78 is 0. The molecular weight excluding hydrogens is 356 g/mol. The smallest absolute Gasteiger partial charge is 0.326 e. The molecule has 6 nitrogen and oxygen atoms in total. The highest BCUT2D eigenvalue weighted by molar-refractivity contribution is 5.88. The number of allylic oxidation sites excluding steroid dienone is 6. The topological polar surface area (TPSA) is 109 Å². The average molecular weight is 393 g/mol. The molecule has 158 valence electrons. The van der Waals surface area contributed by atoms with E-state index < -0.39 is 24.3 Å². The monoisotopic (exact) mass is 392 g/mol. The van der Waals surface area contributed by atoms with E-state index in [1.165, 1.54) is 25.7 Å². The molecule has 0 radical (unpaired) electrons. The van der Waals surface area contributed by atoms with E-state index >= 15 is 0 Å². The molecule has 0 aliphatic rings. The fourth-order valence-corrected chi connectivity index (χ4v) is 2.51. The van der Waals surface area contributed by atoms with E-state index in [1.807, 2.05) is 0 Å². The fourth-order valence-electron chi connectivity index (χ4n) is 2.51. The molecule has 6 heteroatoms. The van der Waals surface area contributed by atoms with E-state index in [0.717, 1.165) is 25.7 Å². The van der Waals surface area contributed by atoms with Crippen LogP contribution in [-0.4, -0.2) is 28.9 Å². The van der Waals surface area contributed by atoms with E-state index in [9.17, 15) is 14.4 Å². The average Bonchev–Trinajstić information content (AvgIpc) is 2.64. The number of carboxylic acids is 1. The van der Waals surface area contributed by atoms with Crippen LogP contribution in [0.3, 0.4) is 0 Å². The van der Waals surface area contributed by atoms with Crippen molar-refractivity contribution in [2.75, 3.05) is 0 Å². The molecular formula is C22H36N2O4. The third kappa shape index (κ3) is 17.1. The molecule has 28 heavy (non-hydrogen) atoms. The van der Waals surface area contributed by atoms with Gasteiger partial charge >= 0.3 is 5.97 Å². The van der Waals surface area contributed by atoms with Gasteiger partial charge in [-0.3, -0.25) is 9.59 Å². The van der Waals surface area contributed by atoms with E-state index in [1.54, 1.807) is 0 Å². The van der Waals surface area contributed by atoms with E-state index in [4.69, 9.17) is 10.8 Å². The van der Waals surface area contributed by atoms with Crippen LogP contribution in [0, 0.1) is 0 Å². The summed E-state index contributed by atoms with van der Waals surface area (Å²) in [5, 5.41) is 11.3. The lowest BCUT2D eigenvalue weighted by molar-refractivity contribution is -0.143. The lowest BCUT2D eigenvalue weighted by Crippen LogP contribution is -2.43. The van der Waals surface area contributed by atoms with Crippen molar-refractivity contribution in [2.45, 2.75) is 83.6 Å². The molecule has 0 rings (SSSR count). The lowest BCUT2D eigenvalue weighted by atomic mass is 10.1. The van der Waals surface area contributed by atoms with Gasteiger partial charge in [-0.05, 0) is 44.9 Å². The summed E-state index contributed by atoms with van der Waals surface area (Å²) in [6, 6.07) is -1.25. The first-order chi connectivity index (χ1) is 13.5. The molecule has 0 bridgehead atoms. The number of carbonyl (C=O) groups excluding carboxylic acids is 2. The molecule has 0 saturated carbocycles. The normalized spacial score (nSPS) is 12.8. The van der Waals surface area contributed by atoms with Gasteiger partial charge in [0.1, 0.15) is 6.04 Å². The van der Waals surface area contributed by atoms with Crippen molar-refractivity contribution < 1.29 is 19.5 Å². The zero-order valence-electron chi connectivity index (χ0n) is 17.1. The Labute approximate surface area is 169 Å². The molecule has 0 unspecified atom stereocenters. The number of nitrogens with one attached hydrogen (secondary N) is 1. The SMILES string of the molecule is CCCCC/C=C\C/C=C\C/C=C\CCCCC(=O)N[C@@H](CC(N)=O)C(=O)O. The Morgan fingerprint density at radius 1 is 0.893 bits per heavy atom. The summed E-state index contributed by atoms with van der Waals surface area (Å²) in [6.07, 6.45) is 22.1. The summed E-state index contributed by atoms with van der Waals surface area (Å²) >= 11 is 0. The molecule has 0 fully saturated rings. The molecule has 0 aliphatic heterocycles. The van der Waals surface area contributed by atoms with Crippen molar-refractivity contribution in [3.05, 3.63) is 36.5 Å². The Morgan fingerprint density at radius 2 is 1.43 bits per heavy atom. The van der Waals surface area contributed by atoms with E-state index in [0.29, 0.717) is 6.42 Å². The third-order valence-corrected chi connectivity index (χ3v) is 4.08. The van der Waals surface area contributed by atoms with Crippen molar-refractivity contribution in [3.8, 4) is 0 Å². The van der Waals surface area contributed by atoms with Gasteiger partial charge in [-0.2, -0.15) is 0 Å². The van der Waals surface area contributed by atoms with Crippen LogP contribution in [0.15, 0.2) is 36.5 Å². The second-order valence-corrected chi connectivity index (χ2v) is 6.76. The molecule has 0 aromatic rings. The maximum atomic E-state index is 11.7. The van der Waals surface area contributed by atoms with Gasteiger partial charge in [0.05, 0.1) is 6.42 Å². The summed E-state index contributed by atoms with van der Waals surface area (Å²) in [5.41, 5.74) is 4.97. The molecule has 0 aliphatic carbocycles. The predicted molar refractivity (Wildman–Crippen MR) is 113 cm³/mol. The van der Waals surface area contributed by atoms with E-state index in [-0.39, 0.29) is 12.3 Å². The molecule has 1 atom stereocenters. The van der Waals surface area contributed by atoms with Crippen molar-refractivity contribution in [2.24, 2.45) is 5.73 Å². The molecule has 0 spiro atoms. The minimum Gasteiger partial charge on any atom is -0.480 e. The maximum absolute atomic E-state index is 11.7. The van der Waals surface area contributed by atoms with Crippen LogP contribution in [0.25, 0.3) is 0 Å². The number of unbranched alkanes of at least 4 members (excludes halogenated alkanes) is 5. The van der Waals surface area contributed by atoms with Gasteiger partial charge in [0.15, 0.2) is 0 Å². The third-order valence-electron chi connectivity index (χ3n) is 4.08. The molecule has 0 saturated heterocycles. The van der Waals surface area contributed by atoms with Crippen molar-refractivity contribution >= 4 is 17.8 Å². The zero-order valence-corrected chi connectivity index (χ0v) is 17.1. The summed E-state index contributed by atoms with van der Waals surface area (Å²) in [5.74, 6) is -2.38. The first-order valence-electron chi connectivity index (χ1n) is 10.2. The zero-order chi connectivity index (χ0) is 21.0. The fraction of sp³-hybridized carbons (Fsp3) is 0.591. The summed E-state index contributed by atoms with van der Waals surface area (Å²) in [7, 11) is 0. The standard InChI is InChI=1S/C22H36N2O4/c1-2-3-4-5-6-7-8-9-10-11-12-13-14-15-16-17-21(26)24-19(22(27)28)18-20(23)25/h6-7,9-10,12-13,19H,2-5,8,11,14-18H2,1H3,(H2,23,25)(H,24,26)(H,27,28)/b7-6-,10-9-,13-12-/t19-/m0/s1. The molecule has 0 heterocycles. The van der Waals surface area contributed by atoms with Crippen LogP contribution in [0.4, 0.5) is 0 Å². The van der Waals surface area contributed by atoms with Crippen LogP contribution in [-0.2, 0) is 14.4 Å². The Hall–Kier alpha value is -2.37. The van der Waals surface area contributed by atoms with Crippen molar-refractivity contribution in [1.82, 2.24) is 5.32 Å². The van der Waals surface area contributed by atoms with Gasteiger partial charge in [-0.1, -0.05) is 56.2 Å². The molecule has 0 aromatic carbocycles. The van der Waals surface area contributed by atoms with Crippen molar-refractivity contribution in [3.63, 3.8) is 0 Å². The summed E-state index contributed by atoms with van der Waals surface area (Å²) in [6.45, 7) is 2.21. The van der Waals surface area contributed by atoms with Crippen LogP contribution in [0.5, 0.6) is 0 Å². The first-order valence-corrected chi connectivity index (χ1v) is 10.2. The lowest BCUT2D eigenvalue weighted by Gasteiger charge is -2.12. The number of amides is 2. The Morgan fingerprint density at radius 3 is 1.93 bits per heavy atom. The van der Waals surface area contributed by atoms with Crippen LogP contribution in [0.2, 0.25) is 0 Å². The number of carboxylic acid groups (broad SMARTS) is 1. The Kier molecular flexibility index (Phi) is 16.5. The number of aliphatic carboxylic acids is 1. The van der Waals surface area contributed by atoms with Gasteiger partial charge < -0.3 is 16.2 Å². The first kappa shape index (κ1) is 25.6. The Balaban J connectivity index is 3.71. The van der Waals surface area contributed by atoms with E-state index in [2.05, 4.69) is 48.7 Å². The number of nitrogens with two attached hydrogens (primary N) is 1. The van der Waals surface area contributed by atoms with Crippen LogP contribution < -0.4 is 11.1 Å². The number of hydrogen-bond acceptors (Lipinski definition) is 3. The highest BCUT2D eigenvalue weighted by Crippen LogP contribution is 2.04. The quantitative estimate of drug-likeness (QED) is 0.256. The highest BCUT2D eigenvalue weighted by atomic mass is 16.4. The minimum atomic E-state index is -1.25. The number of hydrogen-bond donors (Lipinski definition) is 3. The molecule has 4 N–H and O–H groups in total. The number of carbonyl (C=O) groups is 3. The maximum Gasteiger partial charge on any atom is 0.326 e. The van der Waals surface area contributed by atoms with Gasteiger partial charge in [0.25, 0.3) is 0 Å². The summed E-state index contributed by atoms with van der Waals surface area (Å²) in [4.78, 5) is 33.5. The minimum absolute atomic E-state index is 0.237. The van der Waals surface area contributed by atoms with Gasteiger partial charge in [-0.15, -0.1) is 0 Å². The van der Waals surface area contributed by atoms with Crippen molar-refractivity contribution in [1.29, 1.82) is 0 Å². The number of primary amides is 1. The largest absolute Gasteiger partial charge is 0.480 e. The number of rotatable bonds is 17. The van der Waals surface area contributed by atoms with Crippen LogP contribution in [0.1, 0.15) is 77.6 Å². The predicted octanol–water partition coefficient (Wildman–Crippen LogP) is 4.02. The highest BCUT2D eigenvalue weighted by Gasteiger charge is 2.21. The molecule has 2 amide bonds. The Bertz CT molecular complexity index is 539. The van der Waals surface area contributed by atoms with Gasteiger partial charge in [0.2, 0.25) is 11.8 Å². The van der Waals surface area contributed by atoms with Crippen LogP contribution >= 0.6 is 0 Å². The van der Waals surface area contributed by atoms with Gasteiger partial charge in [-0.25, -0.2) is 4.79 Å². The molecule has 0 aromatic heterocycles. The second-order valence-electron chi connectivity index (χ2n) is 6.76. The second kappa shape index (κ2) is 18.0.